The van der Waals surface area contributed by atoms with E-state index in [9.17, 15) is 13.2 Å². The van der Waals surface area contributed by atoms with Gasteiger partial charge in [0.25, 0.3) is 5.91 Å². The average molecular weight is 468 g/mol. The van der Waals surface area contributed by atoms with Crippen molar-refractivity contribution in [3.8, 4) is 0 Å². The Morgan fingerprint density at radius 2 is 1.96 bits per heavy atom. The summed E-state index contributed by atoms with van der Waals surface area (Å²) in [4.78, 5) is 17.1. The number of benzene rings is 2. The Bertz CT molecular complexity index is 1120. The Balaban J connectivity index is 1.90. The van der Waals surface area contributed by atoms with Gasteiger partial charge in [0, 0.05) is 24.1 Å². The molecule has 3 aromatic rings. The SMILES string of the molecule is CCc1ccc2nc(NC(=O)c3ccc(Br)c(S(=O)(=O)N(C)C)c3)sc2c1. The lowest BCUT2D eigenvalue weighted by Gasteiger charge is -2.13. The van der Waals surface area contributed by atoms with Gasteiger partial charge < -0.3 is 0 Å². The molecule has 0 aliphatic carbocycles. The van der Waals surface area contributed by atoms with Gasteiger partial charge in [-0.2, -0.15) is 0 Å². The second-order valence-electron chi connectivity index (χ2n) is 6.06. The molecule has 1 amide bonds. The molecule has 0 fully saturated rings. The van der Waals surface area contributed by atoms with Gasteiger partial charge in [0.05, 0.1) is 15.1 Å². The zero-order valence-electron chi connectivity index (χ0n) is 15.0. The maximum atomic E-state index is 12.6. The number of carbonyl (C=O) groups is 1. The molecule has 0 spiro atoms. The molecule has 1 aromatic heterocycles. The monoisotopic (exact) mass is 467 g/mol. The summed E-state index contributed by atoms with van der Waals surface area (Å²) >= 11 is 4.63. The van der Waals surface area contributed by atoms with E-state index in [2.05, 4.69) is 39.2 Å². The number of hydrogen-bond acceptors (Lipinski definition) is 5. The zero-order valence-corrected chi connectivity index (χ0v) is 18.2. The summed E-state index contributed by atoms with van der Waals surface area (Å²) in [7, 11) is -0.782. The van der Waals surface area contributed by atoms with Crippen LogP contribution in [-0.2, 0) is 16.4 Å². The van der Waals surface area contributed by atoms with E-state index in [0.29, 0.717) is 9.60 Å². The molecular formula is C18H18BrN3O3S2. The molecule has 27 heavy (non-hydrogen) atoms. The summed E-state index contributed by atoms with van der Waals surface area (Å²) in [6.45, 7) is 2.08. The molecule has 9 heteroatoms. The number of amides is 1. The van der Waals surface area contributed by atoms with E-state index in [-0.39, 0.29) is 10.5 Å². The highest BCUT2D eigenvalue weighted by atomic mass is 79.9. The molecule has 0 saturated carbocycles. The van der Waals surface area contributed by atoms with Crippen molar-refractivity contribution in [2.24, 2.45) is 0 Å². The number of nitrogens with zero attached hydrogens (tertiary/aromatic N) is 2. The maximum Gasteiger partial charge on any atom is 0.257 e. The molecule has 0 unspecified atom stereocenters. The number of nitrogens with one attached hydrogen (secondary N) is 1. The standard InChI is InChI=1S/C18H18BrN3O3S2/c1-4-11-5-8-14-15(9-11)26-18(20-14)21-17(23)12-6-7-13(19)16(10-12)27(24,25)22(2)3/h5-10H,4H2,1-3H3,(H,20,21,23). The summed E-state index contributed by atoms with van der Waals surface area (Å²) in [5.41, 5.74) is 2.27. The lowest BCUT2D eigenvalue weighted by atomic mass is 10.2. The van der Waals surface area contributed by atoms with Gasteiger partial charge in [0.2, 0.25) is 10.0 Å². The third-order valence-electron chi connectivity index (χ3n) is 4.03. The van der Waals surface area contributed by atoms with Crippen molar-refractivity contribution in [3.05, 3.63) is 52.0 Å². The first-order valence-electron chi connectivity index (χ1n) is 8.15. The molecule has 0 saturated heterocycles. The normalized spacial score (nSPS) is 11.9. The number of aryl methyl sites for hydroxylation is 1. The average Bonchev–Trinajstić information content (AvgIpc) is 3.02. The summed E-state index contributed by atoms with van der Waals surface area (Å²) in [5.74, 6) is -0.410. The van der Waals surface area contributed by atoms with Crippen LogP contribution in [0.1, 0.15) is 22.8 Å². The van der Waals surface area contributed by atoms with Crippen molar-refractivity contribution in [1.82, 2.24) is 9.29 Å². The Kier molecular flexibility index (Phi) is 5.66. The van der Waals surface area contributed by atoms with Gasteiger partial charge in [-0.05, 0) is 58.2 Å². The van der Waals surface area contributed by atoms with Crippen LogP contribution in [0.4, 0.5) is 5.13 Å². The quantitative estimate of drug-likeness (QED) is 0.611. The fourth-order valence-electron chi connectivity index (χ4n) is 2.45. The highest BCUT2D eigenvalue weighted by Crippen LogP contribution is 2.29. The molecule has 3 rings (SSSR count). The molecule has 6 nitrogen and oxygen atoms in total. The van der Waals surface area contributed by atoms with E-state index in [1.807, 2.05) is 12.1 Å². The molecule has 0 aliphatic heterocycles. The predicted molar refractivity (Wildman–Crippen MR) is 112 cm³/mol. The second-order valence-corrected chi connectivity index (χ2v) is 10.1. The third kappa shape index (κ3) is 4.06. The fourth-order valence-corrected chi connectivity index (χ4v) is 5.22. The van der Waals surface area contributed by atoms with Gasteiger partial charge in [-0.25, -0.2) is 17.7 Å². The van der Waals surface area contributed by atoms with Gasteiger partial charge in [0.15, 0.2) is 5.13 Å². The Morgan fingerprint density at radius 3 is 2.63 bits per heavy atom. The molecule has 1 heterocycles. The number of rotatable bonds is 5. The number of fused-ring (bicyclic) bond motifs is 1. The van der Waals surface area contributed by atoms with Gasteiger partial charge >= 0.3 is 0 Å². The molecule has 1 N–H and O–H groups in total. The van der Waals surface area contributed by atoms with Gasteiger partial charge in [-0.1, -0.05) is 24.3 Å². The number of anilines is 1. The topological polar surface area (TPSA) is 79.4 Å². The highest BCUT2D eigenvalue weighted by molar-refractivity contribution is 9.10. The van der Waals surface area contributed by atoms with E-state index >= 15 is 0 Å². The van der Waals surface area contributed by atoms with Crippen LogP contribution in [0.25, 0.3) is 10.2 Å². The smallest absolute Gasteiger partial charge is 0.257 e. The molecule has 2 aromatic carbocycles. The first kappa shape index (κ1) is 19.9. The van der Waals surface area contributed by atoms with Crippen LogP contribution in [-0.4, -0.2) is 37.7 Å². The minimum atomic E-state index is -3.67. The van der Waals surface area contributed by atoms with Crippen molar-refractivity contribution in [2.75, 3.05) is 19.4 Å². The van der Waals surface area contributed by atoms with E-state index < -0.39 is 15.9 Å². The van der Waals surface area contributed by atoms with E-state index in [1.165, 1.54) is 37.1 Å². The second kappa shape index (κ2) is 7.67. The summed E-state index contributed by atoms with van der Waals surface area (Å²) in [6.07, 6.45) is 0.928. The minimum absolute atomic E-state index is 0.0389. The summed E-state index contributed by atoms with van der Waals surface area (Å²) in [5, 5.41) is 3.23. The van der Waals surface area contributed by atoms with Gasteiger partial charge in [-0.15, -0.1) is 0 Å². The molecule has 0 bridgehead atoms. The van der Waals surface area contributed by atoms with E-state index in [0.717, 1.165) is 20.9 Å². The Hall–Kier alpha value is -1.81. The van der Waals surface area contributed by atoms with Crippen molar-refractivity contribution in [3.63, 3.8) is 0 Å². The van der Waals surface area contributed by atoms with Gasteiger partial charge in [-0.3, -0.25) is 10.1 Å². The first-order valence-corrected chi connectivity index (χ1v) is 11.2. The number of thiazole rings is 1. The largest absolute Gasteiger partial charge is 0.298 e. The number of hydrogen-bond donors (Lipinski definition) is 1. The third-order valence-corrected chi connectivity index (χ3v) is 7.78. The molecule has 0 aliphatic rings. The maximum absolute atomic E-state index is 12.6. The number of halogens is 1. The highest BCUT2D eigenvalue weighted by Gasteiger charge is 2.22. The van der Waals surface area contributed by atoms with Crippen molar-refractivity contribution < 1.29 is 13.2 Å². The number of aromatic nitrogens is 1. The van der Waals surface area contributed by atoms with Crippen molar-refractivity contribution >= 4 is 58.5 Å². The van der Waals surface area contributed by atoms with Crippen molar-refractivity contribution in [2.45, 2.75) is 18.2 Å². The first-order chi connectivity index (χ1) is 12.7. The Morgan fingerprint density at radius 1 is 1.22 bits per heavy atom. The molecular weight excluding hydrogens is 450 g/mol. The summed E-state index contributed by atoms with van der Waals surface area (Å²) < 4.78 is 27.3. The van der Waals surface area contributed by atoms with Crippen LogP contribution in [0, 0.1) is 0 Å². The number of carbonyl (C=O) groups excluding carboxylic acids is 1. The van der Waals surface area contributed by atoms with E-state index in [4.69, 9.17) is 0 Å². The lowest BCUT2D eigenvalue weighted by molar-refractivity contribution is 0.102. The fraction of sp³-hybridized carbons (Fsp3) is 0.222. The summed E-state index contributed by atoms with van der Waals surface area (Å²) in [6, 6.07) is 10.5. The Labute approximate surface area is 170 Å². The molecule has 142 valence electrons. The zero-order chi connectivity index (χ0) is 19.8. The van der Waals surface area contributed by atoms with Crippen LogP contribution in [0.5, 0.6) is 0 Å². The van der Waals surface area contributed by atoms with E-state index in [1.54, 1.807) is 12.1 Å². The number of sulfonamides is 1. The van der Waals surface area contributed by atoms with Gasteiger partial charge in [0.1, 0.15) is 0 Å². The van der Waals surface area contributed by atoms with Crippen LogP contribution in [0.15, 0.2) is 45.8 Å². The van der Waals surface area contributed by atoms with Crippen LogP contribution < -0.4 is 5.32 Å². The van der Waals surface area contributed by atoms with Crippen LogP contribution >= 0.6 is 27.3 Å². The molecule has 0 atom stereocenters. The lowest BCUT2D eigenvalue weighted by Crippen LogP contribution is -2.23. The van der Waals surface area contributed by atoms with Crippen molar-refractivity contribution in [1.29, 1.82) is 0 Å². The molecule has 0 radical (unpaired) electrons. The van der Waals surface area contributed by atoms with Crippen LogP contribution in [0.2, 0.25) is 0 Å². The predicted octanol–water partition coefficient (Wildman–Crippen LogP) is 4.12. The minimum Gasteiger partial charge on any atom is -0.298 e. The van der Waals surface area contributed by atoms with Crippen LogP contribution in [0.3, 0.4) is 0 Å².